The van der Waals surface area contributed by atoms with E-state index in [0.29, 0.717) is 30.0 Å². The predicted octanol–water partition coefficient (Wildman–Crippen LogP) is 7.41. The van der Waals surface area contributed by atoms with Crippen LogP contribution in [0.4, 0.5) is 11.4 Å². The highest BCUT2D eigenvalue weighted by molar-refractivity contribution is 6.21. The third kappa shape index (κ3) is 4.88. The molecule has 4 aromatic carbocycles. The number of hydrogen-bond donors (Lipinski definition) is 0. The monoisotopic (exact) mass is 572 g/mol. The number of carbonyl (C=O) groups is 2. The lowest BCUT2D eigenvalue weighted by molar-refractivity contribution is -0.122. The first kappa shape index (κ1) is 28.3. The van der Waals surface area contributed by atoms with Crippen molar-refractivity contribution in [3.8, 4) is 5.75 Å². The summed E-state index contributed by atoms with van der Waals surface area (Å²) >= 11 is 0. The number of nitrogens with zero attached hydrogens (tertiary/aromatic N) is 4. The molecule has 2 unspecified atom stereocenters. The number of amides is 2. The molecule has 2 amide bonds. The van der Waals surface area contributed by atoms with E-state index in [1.807, 2.05) is 113 Å². The molecule has 0 aliphatic carbocycles. The summed E-state index contributed by atoms with van der Waals surface area (Å²) in [5.41, 5.74) is 5.91. The molecule has 0 N–H and O–H groups in total. The first-order chi connectivity index (χ1) is 20.9. The van der Waals surface area contributed by atoms with Gasteiger partial charge in [0.1, 0.15) is 5.75 Å². The van der Waals surface area contributed by atoms with E-state index in [4.69, 9.17) is 14.9 Å². The van der Waals surface area contributed by atoms with Crippen molar-refractivity contribution in [3.63, 3.8) is 0 Å². The van der Waals surface area contributed by atoms with Crippen molar-refractivity contribution in [3.05, 3.63) is 102 Å². The molecule has 0 bridgehead atoms. The Balaban J connectivity index is 1.56. The van der Waals surface area contributed by atoms with Gasteiger partial charge in [-0.1, -0.05) is 79.6 Å². The van der Waals surface area contributed by atoms with Crippen molar-refractivity contribution >= 4 is 45.4 Å². The molecule has 0 radical (unpaired) electrons. The van der Waals surface area contributed by atoms with Crippen LogP contribution in [0.1, 0.15) is 49.3 Å². The summed E-state index contributed by atoms with van der Waals surface area (Å²) in [6.45, 7) is 8.05. The fraction of sp³-hybridized carbons (Fsp3) is 0.278. The Kier molecular flexibility index (Phi) is 7.57. The van der Waals surface area contributed by atoms with Crippen molar-refractivity contribution in [2.75, 3.05) is 17.1 Å². The molecule has 2 atom stereocenters. The van der Waals surface area contributed by atoms with Gasteiger partial charge in [0.2, 0.25) is 0 Å². The van der Waals surface area contributed by atoms with E-state index in [-0.39, 0.29) is 11.8 Å². The normalized spacial score (nSPS) is 19.2. The molecular weight excluding hydrogens is 536 g/mol. The molecule has 6 rings (SSSR count). The highest BCUT2D eigenvalue weighted by atomic mass is 16.5. The maximum absolute atomic E-state index is 14.6. The maximum atomic E-state index is 14.6. The van der Waals surface area contributed by atoms with E-state index < -0.39 is 17.8 Å². The summed E-state index contributed by atoms with van der Waals surface area (Å²) in [5.74, 6) is -1.64. The number of fused-ring (bicyclic) bond motifs is 1. The van der Waals surface area contributed by atoms with Crippen LogP contribution in [0, 0.1) is 25.7 Å². The Morgan fingerprint density at radius 1 is 0.698 bits per heavy atom. The lowest BCUT2D eigenvalue weighted by atomic mass is 9.70. The van der Waals surface area contributed by atoms with E-state index in [0.717, 1.165) is 38.9 Å². The summed E-state index contributed by atoms with van der Waals surface area (Å²) in [7, 11) is 1.64. The summed E-state index contributed by atoms with van der Waals surface area (Å²) in [6.07, 6.45) is 1.12. The van der Waals surface area contributed by atoms with E-state index in [1.165, 1.54) is 10.0 Å². The molecule has 43 heavy (non-hydrogen) atoms. The van der Waals surface area contributed by atoms with E-state index in [2.05, 4.69) is 0 Å². The van der Waals surface area contributed by atoms with Crippen LogP contribution in [-0.2, 0) is 9.59 Å². The Labute approximate surface area is 252 Å². The van der Waals surface area contributed by atoms with Gasteiger partial charge in [-0.15, -0.1) is 0 Å². The molecule has 2 aliphatic rings. The van der Waals surface area contributed by atoms with Crippen molar-refractivity contribution < 1.29 is 14.3 Å². The van der Waals surface area contributed by atoms with Crippen LogP contribution in [-0.4, -0.2) is 30.3 Å². The van der Waals surface area contributed by atoms with Crippen molar-refractivity contribution in [1.29, 1.82) is 0 Å². The number of methoxy groups -OCH3 is 1. The molecule has 0 spiro atoms. The summed E-state index contributed by atoms with van der Waals surface area (Å²) in [4.78, 5) is 29.1. The standard InChI is InChI=1S/C36H36N4O3/c1-6-28-32(35(41)39(37-28)25-17-12-22(3)13-18-25)34(31-27-11-9-8-10-24(27)16-21-30(31)43-5)33-29(7-2)38-40(36(33)42)26-19-14-23(4)15-20-26/h8-21,32-34H,6-7H2,1-5H3. The first-order valence-corrected chi connectivity index (χ1v) is 14.9. The quantitative estimate of drug-likeness (QED) is 0.221. The number of rotatable bonds is 8. The summed E-state index contributed by atoms with van der Waals surface area (Å²) in [6, 6.07) is 27.6. The van der Waals surface area contributed by atoms with Gasteiger partial charge in [-0.3, -0.25) is 9.59 Å². The molecule has 0 saturated heterocycles. The second kappa shape index (κ2) is 11.5. The van der Waals surface area contributed by atoms with Gasteiger partial charge in [0.05, 0.1) is 41.7 Å². The zero-order chi connectivity index (χ0) is 30.2. The number of benzene rings is 4. The SMILES string of the molecule is CCC1=NN(c2ccc(C)cc2)C(=O)C1C(c1c(OC)ccc2ccccc12)C1C(=O)N(c2ccc(C)cc2)N=C1CC. The zero-order valence-electron chi connectivity index (χ0n) is 25.2. The molecule has 2 aliphatic heterocycles. The van der Waals surface area contributed by atoms with Crippen molar-refractivity contribution in [1.82, 2.24) is 0 Å². The van der Waals surface area contributed by atoms with Gasteiger partial charge in [0.15, 0.2) is 0 Å². The number of anilines is 2. The average Bonchev–Trinajstić information content (AvgIpc) is 3.54. The van der Waals surface area contributed by atoms with Crippen LogP contribution in [0.5, 0.6) is 5.75 Å². The van der Waals surface area contributed by atoms with Gasteiger partial charge >= 0.3 is 0 Å². The topological polar surface area (TPSA) is 74.6 Å². The second-order valence-electron chi connectivity index (χ2n) is 11.2. The lowest BCUT2D eigenvalue weighted by Crippen LogP contribution is -2.41. The van der Waals surface area contributed by atoms with Crippen LogP contribution >= 0.6 is 0 Å². The van der Waals surface area contributed by atoms with Gasteiger partial charge in [-0.2, -0.15) is 10.2 Å². The van der Waals surface area contributed by atoms with E-state index in [1.54, 1.807) is 7.11 Å². The third-order valence-corrected chi connectivity index (χ3v) is 8.61. The number of ether oxygens (including phenoxy) is 1. The fourth-order valence-electron chi connectivity index (χ4n) is 6.40. The highest BCUT2D eigenvalue weighted by Crippen LogP contribution is 2.48. The van der Waals surface area contributed by atoms with Gasteiger partial charge in [-0.05, 0) is 67.8 Å². The molecule has 2 heterocycles. The maximum Gasteiger partial charge on any atom is 0.256 e. The molecule has 0 aromatic heterocycles. The zero-order valence-corrected chi connectivity index (χ0v) is 25.2. The molecule has 0 saturated carbocycles. The van der Waals surface area contributed by atoms with Gasteiger partial charge in [-0.25, -0.2) is 10.0 Å². The van der Waals surface area contributed by atoms with Crippen molar-refractivity contribution in [2.24, 2.45) is 22.0 Å². The van der Waals surface area contributed by atoms with Crippen LogP contribution in [0.2, 0.25) is 0 Å². The number of hydrazone groups is 2. The number of carbonyl (C=O) groups excluding carboxylic acids is 2. The largest absolute Gasteiger partial charge is 0.496 e. The smallest absolute Gasteiger partial charge is 0.256 e. The summed E-state index contributed by atoms with van der Waals surface area (Å²) in [5, 5.41) is 14.7. The highest BCUT2D eigenvalue weighted by Gasteiger charge is 2.52. The molecule has 218 valence electrons. The van der Waals surface area contributed by atoms with E-state index in [9.17, 15) is 9.59 Å². The molecular formula is C36H36N4O3. The second-order valence-corrected chi connectivity index (χ2v) is 11.2. The minimum Gasteiger partial charge on any atom is -0.496 e. The minimum absolute atomic E-state index is 0.155. The Bertz CT molecular complexity index is 1670. The third-order valence-electron chi connectivity index (χ3n) is 8.61. The van der Waals surface area contributed by atoms with Gasteiger partial charge in [0, 0.05) is 11.5 Å². The predicted molar refractivity (Wildman–Crippen MR) is 173 cm³/mol. The Morgan fingerprint density at radius 2 is 1.19 bits per heavy atom. The van der Waals surface area contributed by atoms with Crippen LogP contribution in [0.3, 0.4) is 0 Å². The number of hydrogen-bond acceptors (Lipinski definition) is 5. The van der Waals surface area contributed by atoms with Gasteiger partial charge in [0.25, 0.3) is 11.8 Å². The van der Waals surface area contributed by atoms with Crippen LogP contribution < -0.4 is 14.8 Å². The molecule has 7 nitrogen and oxygen atoms in total. The molecule has 7 heteroatoms. The van der Waals surface area contributed by atoms with E-state index >= 15 is 0 Å². The van der Waals surface area contributed by atoms with Crippen molar-refractivity contribution in [2.45, 2.75) is 46.5 Å². The Morgan fingerprint density at radius 3 is 1.65 bits per heavy atom. The van der Waals surface area contributed by atoms with Crippen LogP contribution in [0.15, 0.2) is 95.1 Å². The first-order valence-electron chi connectivity index (χ1n) is 14.9. The molecule has 4 aromatic rings. The Hall–Kier alpha value is -4.78. The fourth-order valence-corrected chi connectivity index (χ4v) is 6.40. The van der Waals surface area contributed by atoms with Crippen LogP contribution in [0.25, 0.3) is 10.8 Å². The number of aryl methyl sites for hydroxylation is 2. The van der Waals surface area contributed by atoms with Gasteiger partial charge < -0.3 is 4.74 Å². The molecule has 0 fully saturated rings. The average molecular weight is 573 g/mol. The summed E-state index contributed by atoms with van der Waals surface area (Å²) < 4.78 is 5.98. The minimum atomic E-state index is -0.685. The lowest BCUT2D eigenvalue weighted by Gasteiger charge is -2.31.